The summed E-state index contributed by atoms with van der Waals surface area (Å²) in [6, 6.07) is 24.9. The maximum Gasteiger partial charge on any atom is 0.251 e. The summed E-state index contributed by atoms with van der Waals surface area (Å²) in [6.07, 6.45) is 0.811. The molecule has 162 valence electrons. The highest BCUT2D eigenvalue weighted by atomic mass is 16.1. The second-order valence-electron chi connectivity index (χ2n) is 7.41. The van der Waals surface area contributed by atoms with E-state index in [4.69, 9.17) is 0 Å². The number of tetrazole rings is 1. The van der Waals surface area contributed by atoms with Crippen LogP contribution in [0.4, 0.5) is 11.5 Å². The molecule has 0 bridgehead atoms. The number of benzene rings is 3. The van der Waals surface area contributed by atoms with Crippen LogP contribution < -0.4 is 10.6 Å². The average Bonchev–Trinajstić information content (AvgIpc) is 3.34. The van der Waals surface area contributed by atoms with Gasteiger partial charge in [-0.25, -0.2) is 4.98 Å². The molecule has 0 radical (unpaired) electrons. The number of carbonyl (C=O) groups is 1. The molecule has 1 atom stereocenters. The first kappa shape index (κ1) is 19.6. The Hall–Kier alpha value is -4.33. The van der Waals surface area contributed by atoms with Gasteiger partial charge in [-0.15, -0.1) is 5.10 Å². The van der Waals surface area contributed by atoms with E-state index in [9.17, 15) is 4.79 Å². The van der Waals surface area contributed by atoms with Crippen molar-refractivity contribution in [3.63, 3.8) is 0 Å². The smallest absolute Gasteiger partial charge is 0.251 e. The third-order valence-corrected chi connectivity index (χ3v) is 5.35. The van der Waals surface area contributed by atoms with Crippen molar-refractivity contribution < 1.29 is 7.65 Å². The molecule has 8 nitrogen and oxygen atoms in total. The minimum Gasteiger partial charge on any atom is -0.345 e. The Morgan fingerprint density at radius 3 is 2.53 bits per heavy atom. The van der Waals surface area contributed by atoms with E-state index in [0.717, 1.165) is 28.7 Å². The van der Waals surface area contributed by atoms with E-state index < -0.39 is 0 Å². The molecule has 0 saturated heterocycles. The van der Waals surface area contributed by atoms with Crippen LogP contribution in [0, 0.1) is 0 Å². The number of aromatic nitrogens is 5. The first-order valence-corrected chi connectivity index (χ1v) is 10.4. The molecular formula is C24H25N7O. The van der Waals surface area contributed by atoms with Gasteiger partial charge in [0.25, 0.3) is 5.91 Å². The Labute approximate surface area is 187 Å². The zero-order valence-electron chi connectivity index (χ0n) is 17.4. The van der Waals surface area contributed by atoms with Crippen molar-refractivity contribution in [2.45, 2.75) is 19.4 Å². The lowest BCUT2D eigenvalue weighted by Gasteiger charge is -2.17. The van der Waals surface area contributed by atoms with Crippen LogP contribution in [0.3, 0.4) is 0 Å². The fraction of sp³-hybridized carbons (Fsp3) is 0.125. The summed E-state index contributed by atoms with van der Waals surface area (Å²) in [5.74, 6) is 0.432. The van der Waals surface area contributed by atoms with E-state index in [-0.39, 0.29) is 14.8 Å². The lowest BCUT2D eigenvalue weighted by molar-refractivity contribution is 0.0935. The summed E-state index contributed by atoms with van der Waals surface area (Å²) in [5.41, 5.74) is 4.59. The van der Waals surface area contributed by atoms with Crippen LogP contribution in [0.25, 0.3) is 16.7 Å². The van der Waals surface area contributed by atoms with Gasteiger partial charge in [0, 0.05) is 14.1 Å². The molecule has 0 spiro atoms. The first-order chi connectivity index (χ1) is 15.7. The highest BCUT2D eigenvalue weighted by molar-refractivity contribution is 5.95. The Morgan fingerprint density at radius 2 is 1.75 bits per heavy atom. The van der Waals surface area contributed by atoms with Crippen molar-refractivity contribution in [1.82, 2.24) is 30.3 Å². The van der Waals surface area contributed by atoms with Gasteiger partial charge in [0.05, 0.1) is 17.1 Å². The number of carbonyl (C=O) groups excluding carboxylic acids is 1. The lowest BCUT2D eigenvalue weighted by atomic mass is 10.0. The van der Waals surface area contributed by atoms with Gasteiger partial charge in [-0.3, -0.25) is 4.79 Å². The molecule has 2 N–H and O–H groups in total. The number of amides is 1. The summed E-state index contributed by atoms with van der Waals surface area (Å²) < 4.78 is 1.65. The van der Waals surface area contributed by atoms with Crippen LogP contribution in [0.15, 0.2) is 78.9 Å². The van der Waals surface area contributed by atoms with E-state index in [0.29, 0.717) is 17.0 Å². The van der Waals surface area contributed by atoms with Crippen LogP contribution >= 0.6 is 0 Å². The fourth-order valence-electron chi connectivity index (χ4n) is 3.68. The van der Waals surface area contributed by atoms with Crippen LogP contribution in [-0.4, -0.2) is 30.9 Å². The third kappa shape index (κ3) is 3.74. The van der Waals surface area contributed by atoms with E-state index in [2.05, 4.69) is 38.1 Å². The molecule has 2 heterocycles. The highest BCUT2D eigenvalue weighted by Gasteiger charge is 2.15. The Morgan fingerprint density at radius 1 is 1.00 bits per heavy atom. The zero-order valence-corrected chi connectivity index (χ0v) is 17.4. The van der Waals surface area contributed by atoms with Crippen molar-refractivity contribution in [2.24, 2.45) is 0 Å². The number of rotatable bonds is 6. The van der Waals surface area contributed by atoms with Gasteiger partial charge in [-0.2, -0.15) is 4.52 Å². The van der Waals surface area contributed by atoms with Crippen molar-refractivity contribution >= 4 is 34.1 Å². The number of hydrogen-bond acceptors (Lipinski definition) is 6. The predicted octanol–water partition coefficient (Wildman–Crippen LogP) is 4.79. The topological polar surface area (TPSA) is 97.1 Å². The number of anilines is 2. The second kappa shape index (κ2) is 8.43. The molecule has 3 aromatic carbocycles. The largest absolute Gasteiger partial charge is 0.345 e. The van der Waals surface area contributed by atoms with E-state index in [1.807, 2.05) is 66.7 Å². The normalized spacial score (nSPS) is 12.0. The van der Waals surface area contributed by atoms with E-state index in [1.54, 1.807) is 16.6 Å². The maximum atomic E-state index is 12.8. The average molecular weight is 428 g/mol. The fourth-order valence-corrected chi connectivity index (χ4v) is 3.68. The molecule has 5 aromatic rings. The van der Waals surface area contributed by atoms with Gasteiger partial charge in [0.2, 0.25) is 5.65 Å². The molecule has 5 rings (SSSR count). The van der Waals surface area contributed by atoms with Crippen LogP contribution in [0.5, 0.6) is 0 Å². The zero-order chi connectivity index (χ0) is 21.9. The highest BCUT2D eigenvalue weighted by Crippen LogP contribution is 2.23. The summed E-state index contributed by atoms with van der Waals surface area (Å²) in [4.78, 5) is 17.4. The molecule has 2 aromatic heterocycles. The van der Waals surface area contributed by atoms with Gasteiger partial charge < -0.3 is 10.6 Å². The molecule has 0 aliphatic heterocycles. The third-order valence-electron chi connectivity index (χ3n) is 5.35. The quantitative estimate of drug-likeness (QED) is 0.404. The number of fused-ring (bicyclic) bond motifs is 3. The SMILES string of the molecule is CCC(NC(=O)c1ccc(Nc2nc3ccccc3n3nnnc23)cc1)c1ccccc1.[HH].[HH]. The molecule has 1 unspecified atom stereocenters. The predicted molar refractivity (Wildman–Crippen MR) is 127 cm³/mol. The Kier molecular flexibility index (Phi) is 5.17. The van der Waals surface area contributed by atoms with E-state index >= 15 is 0 Å². The first-order valence-electron chi connectivity index (χ1n) is 10.4. The summed E-state index contributed by atoms with van der Waals surface area (Å²) in [6.45, 7) is 2.06. The molecule has 0 saturated carbocycles. The Bertz CT molecular complexity index is 1390. The molecule has 1 amide bonds. The minimum absolute atomic E-state index is 0. The lowest BCUT2D eigenvalue weighted by Crippen LogP contribution is -2.28. The number of nitrogens with zero attached hydrogens (tertiary/aromatic N) is 5. The van der Waals surface area contributed by atoms with Gasteiger partial charge >= 0.3 is 0 Å². The van der Waals surface area contributed by atoms with Crippen molar-refractivity contribution in [2.75, 3.05) is 5.32 Å². The standard InChI is InChI=1S/C24H21N7O.2H2/c1-2-19(16-8-4-3-5-9-16)27-24(32)17-12-14-18(15-13-17)25-22-23-28-29-30-31(23)21-11-7-6-10-20(21)26-22;;/h3-15,19H,2H2,1H3,(H,25,26)(H,27,32);2*1H. The molecule has 0 aliphatic rings. The van der Waals surface area contributed by atoms with E-state index in [1.165, 1.54) is 0 Å². The molecule has 32 heavy (non-hydrogen) atoms. The van der Waals surface area contributed by atoms with Gasteiger partial charge in [-0.05, 0) is 58.8 Å². The second-order valence-corrected chi connectivity index (χ2v) is 7.41. The monoisotopic (exact) mass is 427 g/mol. The van der Waals surface area contributed by atoms with Gasteiger partial charge in [0.1, 0.15) is 0 Å². The van der Waals surface area contributed by atoms with Crippen LogP contribution in [0.1, 0.15) is 38.2 Å². The molecule has 0 fully saturated rings. The minimum atomic E-state index is -0.111. The summed E-state index contributed by atoms with van der Waals surface area (Å²) in [7, 11) is 0. The van der Waals surface area contributed by atoms with Crippen LogP contribution in [0.2, 0.25) is 0 Å². The summed E-state index contributed by atoms with van der Waals surface area (Å²) >= 11 is 0. The van der Waals surface area contributed by atoms with Crippen molar-refractivity contribution in [3.05, 3.63) is 90.0 Å². The number of hydrogen-bond donors (Lipinski definition) is 2. The number of para-hydroxylation sites is 2. The van der Waals surface area contributed by atoms with Gasteiger partial charge in [-0.1, -0.05) is 49.4 Å². The van der Waals surface area contributed by atoms with Crippen molar-refractivity contribution in [1.29, 1.82) is 0 Å². The number of nitrogens with one attached hydrogen (secondary N) is 2. The Balaban J connectivity index is 0.00000162. The van der Waals surface area contributed by atoms with Crippen LogP contribution in [-0.2, 0) is 0 Å². The van der Waals surface area contributed by atoms with Gasteiger partial charge in [0.15, 0.2) is 5.82 Å². The molecule has 0 aliphatic carbocycles. The van der Waals surface area contributed by atoms with Crippen molar-refractivity contribution in [3.8, 4) is 0 Å². The maximum absolute atomic E-state index is 12.8. The molecular weight excluding hydrogens is 402 g/mol. The summed E-state index contributed by atoms with van der Waals surface area (Å²) in [5, 5.41) is 18.3. The molecule has 8 heteroatoms.